The summed E-state index contributed by atoms with van der Waals surface area (Å²) in [5, 5.41) is 2.80. The predicted molar refractivity (Wildman–Crippen MR) is 131 cm³/mol. The zero-order chi connectivity index (χ0) is 24.3. The molecule has 0 radical (unpaired) electrons. The number of ether oxygens (including phenoxy) is 2. The third-order valence-corrected chi connectivity index (χ3v) is 7.40. The zero-order valence-electron chi connectivity index (χ0n) is 19.4. The van der Waals surface area contributed by atoms with E-state index in [1.807, 2.05) is 45.0 Å². The molecule has 7 nitrogen and oxygen atoms in total. The Morgan fingerprint density at radius 2 is 1.74 bits per heavy atom. The van der Waals surface area contributed by atoms with Gasteiger partial charge in [-0.1, -0.05) is 36.4 Å². The average molecular weight is 481 g/mol. The van der Waals surface area contributed by atoms with Crippen molar-refractivity contribution in [1.82, 2.24) is 5.32 Å². The highest BCUT2D eigenvalue weighted by molar-refractivity contribution is 7.92. The third kappa shape index (κ3) is 5.02. The zero-order valence-corrected chi connectivity index (χ0v) is 20.3. The first-order valence-corrected chi connectivity index (χ1v) is 12.5. The van der Waals surface area contributed by atoms with Crippen LogP contribution in [0.15, 0.2) is 71.6 Å². The summed E-state index contributed by atoms with van der Waals surface area (Å²) >= 11 is 0. The Balaban J connectivity index is 1.48. The molecule has 4 rings (SSSR count). The van der Waals surface area contributed by atoms with Gasteiger partial charge >= 0.3 is 0 Å². The van der Waals surface area contributed by atoms with Gasteiger partial charge in [-0.15, -0.1) is 0 Å². The topological polar surface area (TPSA) is 84.9 Å². The lowest BCUT2D eigenvalue weighted by Crippen LogP contribution is -2.51. The van der Waals surface area contributed by atoms with E-state index < -0.39 is 22.0 Å². The van der Waals surface area contributed by atoms with E-state index >= 15 is 0 Å². The molecule has 1 amide bonds. The number of hydrogen-bond acceptors (Lipinski definition) is 5. The van der Waals surface area contributed by atoms with Crippen LogP contribution in [-0.4, -0.2) is 40.1 Å². The van der Waals surface area contributed by atoms with Gasteiger partial charge in [-0.3, -0.25) is 9.10 Å². The Morgan fingerprint density at radius 1 is 1.03 bits per heavy atom. The molecule has 0 saturated carbocycles. The Morgan fingerprint density at radius 3 is 2.50 bits per heavy atom. The van der Waals surface area contributed by atoms with E-state index in [1.54, 1.807) is 42.5 Å². The fourth-order valence-electron chi connectivity index (χ4n) is 3.76. The molecule has 0 aliphatic carbocycles. The highest BCUT2D eigenvalue weighted by Crippen LogP contribution is 2.37. The van der Waals surface area contributed by atoms with Gasteiger partial charge in [0, 0.05) is 0 Å². The molecule has 1 atom stereocenters. The van der Waals surface area contributed by atoms with Crippen molar-refractivity contribution in [2.75, 3.05) is 24.0 Å². The molecule has 3 aromatic carbocycles. The molecule has 1 N–H and O–H groups in total. The first kappa shape index (κ1) is 23.6. The Bertz CT molecular complexity index is 1290. The number of sulfonamides is 1. The van der Waals surface area contributed by atoms with E-state index in [2.05, 4.69) is 5.32 Å². The lowest BCUT2D eigenvalue weighted by atomic mass is 10.1. The molecule has 1 aliphatic heterocycles. The number of benzene rings is 3. The van der Waals surface area contributed by atoms with Crippen LogP contribution in [0.1, 0.15) is 16.7 Å². The minimum absolute atomic E-state index is 0.128. The maximum atomic E-state index is 13.4. The Kier molecular flexibility index (Phi) is 6.79. The summed E-state index contributed by atoms with van der Waals surface area (Å²) in [4.78, 5) is 13.1. The monoisotopic (exact) mass is 480 g/mol. The second kappa shape index (κ2) is 9.77. The molecule has 1 heterocycles. The quantitative estimate of drug-likeness (QED) is 0.521. The van der Waals surface area contributed by atoms with Crippen molar-refractivity contribution in [2.45, 2.75) is 31.8 Å². The van der Waals surface area contributed by atoms with Crippen LogP contribution in [0.4, 0.5) is 5.69 Å². The lowest BCUT2D eigenvalue weighted by Gasteiger charge is -2.35. The smallest absolute Gasteiger partial charge is 0.264 e. The summed E-state index contributed by atoms with van der Waals surface area (Å²) < 4.78 is 39.8. The largest absolute Gasteiger partial charge is 0.491 e. The van der Waals surface area contributed by atoms with Crippen molar-refractivity contribution in [3.05, 3.63) is 83.4 Å². The first-order chi connectivity index (χ1) is 16.3. The molecule has 1 aliphatic rings. The van der Waals surface area contributed by atoms with Crippen molar-refractivity contribution < 1.29 is 22.7 Å². The molecular weight excluding hydrogens is 452 g/mol. The van der Waals surface area contributed by atoms with E-state index in [1.165, 1.54) is 4.31 Å². The molecular formula is C26H28N2O5S. The maximum Gasteiger partial charge on any atom is 0.264 e. The van der Waals surface area contributed by atoms with Crippen LogP contribution in [-0.2, 0) is 14.8 Å². The number of rotatable bonds is 7. The number of carbonyl (C=O) groups is 1. The number of nitrogens with one attached hydrogen (secondary N) is 1. The van der Waals surface area contributed by atoms with Gasteiger partial charge in [0.1, 0.15) is 18.1 Å². The van der Waals surface area contributed by atoms with Gasteiger partial charge in [0.25, 0.3) is 15.9 Å². The number of hydrogen-bond donors (Lipinski definition) is 1. The average Bonchev–Trinajstić information content (AvgIpc) is 2.83. The predicted octanol–water partition coefficient (Wildman–Crippen LogP) is 3.76. The van der Waals surface area contributed by atoms with Gasteiger partial charge in [0.15, 0.2) is 6.10 Å². The van der Waals surface area contributed by atoms with Gasteiger partial charge in [-0.25, -0.2) is 8.42 Å². The first-order valence-electron chi connectivity index (χ1n) is 11.1. The van der Waals surface area contributed by atoms with Gasteiger partial charge in [-0.2, -0.15) is 0 Å². The minimum Gasteiger partial charge on any atom is -0.491 e. The van der Waals surface area contributed by atoms with Crippen LogP contribution in [0.2, 0.25) is 0 Å². The van der Waals surface area contributed by atoms with E-state index in [9.17, 15) is 13.2 Å². The summed E-state index contributed by atoms with van der Waals surface area (Å²) in [6, 6.07) is 19.4. The van der Waals surface area contributed by atoms with Crippen LogP contribution in [0.3, 0.4) is 0 Å². The molecule has 0 saturated heterocycles. The summed E-state index contributed by atoms with van der Waals surface area (Å²) in [6.45, 7) is 6.25. The Hall–Kier alpha value is -3.52. The van der Waals surface area contributed by atoms with Gasteiger partial charge in [0.2, 0.25) is 0 Å². The van der Waals surface area contributed by atoms with Gasteiger partial charge in [-0.05, 0) is 67.8 Å². The number of anilines is 1. The van der Waals surface area contributed by atoms with Gasteiger partial charge < -0.3 is 14.8 Å². The highest BCUT2D eigenvalue weighted by Gasteiger charge is 2.37. The molecule has 3 aromatic rings. The molecule has 0 bridgehead atoms. The SMILES string of the molecule is Cc1ccc(C)c(OCCNC(=O)[C@H]2CN(S(=O)(=O)c3ccccc3)c3cc(C)ccc3O2)c1. The molecule has 0 unspecified atom stereocenters. The molecule has 0 fully saturated rings. The van der Waals surface area contributed by atoms with Crippen molar-refractivity contribution in [2.24, 2.45) is 0 Å². The van der Waals surface area contributed by atoms with Crippen LogP contribution in [0.25, 0.3) is 0 Å². The second-order valence-electron chi connectivity index (χ2n) is 8.34. The van der Waals surface area contributed by atoms with Gasteiger partial charge in [0.05, 0.1) is 23.7 Å². The summed E-state index contributed by atoms with van der Waals surface area (Å²) in [7, 11) is -3.88. The number of nitrogens with zero attached hydrogens (tertiary/aromatic N) is 1. The lowest BCUT2D eigenvalue weighted by molar-refractivity contribution is -0.127. The fourth-order valence-corrected chi connectivity index (χ4v) is 5.25. The maximum absolute atomic E-state index is 13.4. The summed E-state index contributed by atoms with van der Waals surface area (Å²) in [6.07, 6.45) is -0.991. The van der Waals surface area contributed by atoms with Crippen LogP contribution in [0, 0.1) is 20.8 Å². The third-order valence-electron chi connectivity index (χ3n) is 5.61. The van der Waals surface area contributed by atoms with Crippen LogP contribution >= 0.6 is 0 Å². The molecule has 0 spiro atoms. The summed E-state index contributed by atoms with van der Waals surface area (Å²) in [5.41, 5.74) is 3.42. The van der Waals surface area contributed by atoms with Crippen molar-refractivity contribution in [1.29, 1.82) is 0 Å². The Labute approximate surface area is 200 Å². The van der Waals surface area contributed by atoms with E-state index in [0.717, 1.165) is 22.4 Å². The fraction of sp³-hybridized carbons (Fsp3) is 0.269. The molecule has 8 heteroatoms. The summed E-state index contributed by atoms with van der Waals surface area (Å²) in [5.74, 6) is 0.722. The number of carbonyl (C=O) groups excluding carboxylic acids is 1. The molecule has 34 heavy (non-hydrogen) atoms. The van der Waals surface area contributed by atoms with Crippen molar-refractivity contribution in [3.8, 4) is 11.5 Å². The number of fused-ring (bicyclic) bond motifs is 1. The minimum atomic E-state index is -3.88. The van der Waals surface area contributed by atoms with Crippen LogP contribution in [0.5, 0.6) is 11.5 Å². The van der Waals surface area contributed by atoms with Crippen molar-refractivity contribution in [3.63, 3.8) is 0 Å². The van der Waals surface area contributed by atoms with E-state index in [4.69, 9.17) is 9.47 Å². The number of amides is 1. The van der Waals surface area contributed by atoms with Crippen LogP contribution < -0.4 is 19.1 Å². The van der Waals surface area contributed by atoms with E-state index in [-0.39, 0.29) is 24.6 Å². The molecule has 178 valence electrons. The second-order valence-corrected chi connectivity index (χ2v) is 10.2. The normalized spacial score (nSPS) is 15.3. The standard InChI is InChI=1S/C26H28N2O5S/c1-18-10-12-23-22(15-18)28(34(30,31)21-7-5-4-6-8-21)17-25(33-23)26(29)27-13-14-32-24-16-19(2)9-11-20(24)3/h4-12,15-16,25H,13-14,17H2,1-3H3,(H,27,29)/t25-/m1/s1. The van der Waals surface area contributed by atoms with E-state index in [0.29, 0.717) is 11.4 Å². The highest BCUT2D eigenvalue weighted by atomic mass is 32.2. The number of aryl methyl sites for hydroxylation is 3. The van der Waals surface area contributed by atoms with Crippen molar-refractivity contribution >= 4 is 21.6 Å². The molecule has 0 aromatic heterocycles.